The van der Waals surface area contributed by atoms with Crippen LogP contribution in [0.15, 0.2) is 204 Å². The number of amides is 1. The van der Waals surface area contributed by atoms with Gasteiger partial charge in [-0.2, -0.15) is 20.4 Å². The van der Waals surface area contributed by atoms with Crippen molar-refractivity contribution in [2.75, 3.05) is 33.8 Å². The predicted molar refractivity (Wildman–Crippen MR) is 497 cm³/mol. The number of carbonyl (C=O) groups is 6. The Balaban J connectivity index is 0.000000208. The van der Waals surface area contributed by atoms with Crippen LogP contribution in [0.3, 0.4) is 0 Å². The summed E-state index contributed by atoms with van der Waals surface area (Å²) in [5.41, 5.74) is 15.8. The molecule has 6 atom stereocenters. The van der Waals surface area contributed by atoms with Crippen molar-refractivity contribution in [2.24, 2.45) is 5.73 Å². The van der Waals surface area contributed by atoms with Crippen molar-refractivity contribution in [1.29, 1.82) is 0 Å². The van der Waals surface area contributed by atoms with E-state index < -0.39 is 91.9 Å². The summed E-state index contributed by atoms with van der Waals surface area (Å²) in [7, 11) is -2.95. The van der Waals surface area contributed by atoms with Crippen molar-refractivity contribution < 1.29 is 133 Å². The minimum atomic E-state index is -3.48. The standard InChI is InChI=1S/C27H25Cl2N3O6S.C18H16Cl2N2O3.C18H12Cl2N2O3.C17H14Cl2N2O3.C11H15NO4S.HI.Li/c1-39(37,38)19-4-2-3-15(9-19)12-23(27(35)36)31-26(34)25-20(28)10-16(11-21(25)29)5-8-24(33)17-6-7-18-14-30-32-22(18)13-17;2*1-25-18(24)17-13(19)6-10(7-14(17)20)2-5-16(23)11-3-4-12-9-21-22-15(12)8-11;18-12-5-9(6-13(19)16(12)17(23)24)1-4-15(22)10-2-3-11-8-20-21-14(11)7-10;1-16-11(13)10(12)7-8-4-3-5-9(6-8)17(2,14)15;;/h2-4,6-7,9-11,13-14,23-24,33H,5,8,12H2,1H3,(H,30,32)(H,31,34)(H,35,36);3-4,6-9,16,23H,2,5H2,1H3,(H,21,22);3-4,6-9,16,23H,1H3,(H,21,22);2-3,5-8,15,22H,1,4H2,(H,20,21)(H,23,24);3-6,10H,7,12H2,1-2H3;1H;/q;;;;;;+1/p-1/t23-,24?;;;;10-;;/m0...0../s1. The van der Waals surface area contributed by atoms with Gasteiger partial charge in [0.15, 0.2) is 19.7 Å². The fourth-order valence-electron chi connectivity index (χ4n) is 13.2. The molecule has 132 heavy (non-hydrogen) atoms. The van der Waals surface area contributed by atoms with Gasteiger partial charge < -0.3 is 79.9 Å². The summed E-state index contributed by atoms with van der Waals surface area (Å²) in [6.07, 6.45) is 8.89. The first-order valence-corrected chi connectivity index (χ1v) is 45.7. The molecule has 686 valence electrons. The molecule has 0 aliphatic heterocycles. The molecule has 10 aromatic carbocycles. The van der Waals surface area contributed by atoms with Crippen molar-refractivity contribution in [3.63, 3.8) is 0 Å². The molecule has 0 radical (unpaired) electrons. The number of aromatic carboxylic acids is 1. The smallest absolute Gasteiger partial charge is 1.00 e. The van der Waals surface area contributed by atoms with Gasteiger partial charge in [-0.15, -0.1) is 0 Å². The van der Waals surface area contributed by atoms with E-state index >= 15 is 0 Å². The van der Waals surface area contributed by atoms with Crippen LogP contribution < -0.4 is 53.9 Å². The zero-order valence-corrected chi connectivity index (χ0v) is 80.5. The van der Waals surface area contributed by atoms with Crippen molar-refractivity contribution >= 4 is 192 Å². The van der Waals surface area contributed by atoms with E-state index in [1.165, 1.54) is 63.8 Å². The van der Waals surface area contributed by atoms with Gasteiger partial charge >= 0.3 is 48.7 Å². The van der Waals surface area contributed by atoms with E-state index in [0.29, 0.717) is 66.3 Å². The van der Waals surface area contributed by atoms with Gasteiger partial charge in [-0.25, -0.2) is 36.0 Å². The number of esters is 3. The number of nitrogens with one attached hydrogen (secondary N) is 5. The maximum atomic E-state index is 13.0. The second-order valence-electron chi connectivity index (χ2n) is 29.3. The maximum Gasteiger partial charge on any atom is 1.00 e. The van der Waals surface area contributed by atoms with E-state index in [1.54, 1.807) is 91.5 Å². The first-order valence-electron chi connectivity index (χ1n) is 38.9. The number of halogens is 9. The number of aliphatic carboxylic acids is 1. The molecule has 13 N–H and O–H groups in total. The van der Waals surface area contributed by atoms with E-state index in [9.17, 15) is 71.1 Å². The van der Waals surface area contributed by atoms with Gasteiger partial charge in [0, 0.05) is 46.0 Å². The second-order valence-corrected chi connectivity index (χ2v) is 36.6. The van der Waals surface area contributed by atoms with Crippen molar-refractivity contribution in [2.45, 2.75) is 97.7 Å². The molecule has 0 spiro atoms. The number of sulfone groups is 2. The Morgan fingerprint density at radius 1 is 0.432 bits per heavy atom. The number of hydrogen-bond acceptors (Lipinski definition) is 22. The van der Waals surface area contributed by atoms with Crippen molar-refractivity contribution in [3.05, 3.63) is 313 Å². The van der Waals surface area contributed by atoms with Crippen molar-refractivity contribution in [3.8, 4) is 11.8 Å². The number of hydrogen-bond donors (Lipinski definition) is 12. The third kappa shape index (κ3) is 29.4. The van der Waals surface area contributed by atoms with Gasteiger partial charge in [0.2, 0.25) is 0 Å². The van der Waals surface area contributed by atoms with Crippen LogP contribution in [0.5, 0.6) is 0 Å². The van der Waals surface area contributed by atoms with Crippen molar-refractivity contribution in [1.82, 2.24) is 46.1 Å². The van der Waals surface area contributed by atoms with E-state index in [4.69, 9.17) is 104 Å². The van der Waals surface area contributed by atoms with Crippen LogP contribution in [0.2, 0.25) is 40.2 Å². The third-order valence-corrected chi connectivity index (χ3v) is 24.6. The summed E-state index contributed by atoms with van der Waals surface area (Å²) in [4.78, 5) is 70.6. The third-order valence-electron chi connectivity index (χ3n) is 20.0. The summed E-state index contributed by atoms with van der Waals surface area (Å²) < 4.78 is 60.1. The number of aromatic nitrogens is 8. The molecule has 0 saturated carbocycles. The molecule has 4 aromatic heterocycles. The Morgan fingerprint density at radius 2 is 0.758 bits per heavy atom. The molecule has 41 heteroatoms. The molecule has 0 bridgehead atoms. The van der Waals surface area contributed by atoms with E-state index in [1.807, 2.05) is 60.7 Å². The quantitative estimate of drug-likeness (QED) is 0.00787. The molecule has 29 nitrogen and oxygen atoms in total. The van der Waals surface area contributed by atoms with Gasteiger partial charge in [0.1, 0.15) is 18.2 Å². The number of carboxylic acid groups (broad SMARTS) is 2. The number of ether oxygens (including phenoxy) is 3. The first-order chi connectivity index (χ1) is 61.7. The number of H-pyrrole nitrogens is 4. The molecule has 14 aromatic rings. The van der Waals surface area contributed by atoms with Gasteiger partial charge in [-0.05, 0) is 192 Å². The van der Waals surface area contributed by atoms with Gasteiger partial charge in [-0.3, -0.25) is 30.0 Å². The van der Waals surface area contributed by atoms with Crippen LogP contribution in [0, 0.1) is 11.8 Å². The minimum Gasteiger partial charge on any atom is -1.00 e. The zero-order chi connectivity index (χ0) is 94.6. The van der Waals surface area contributed by atoms with E-state index in [2.05, 4.69) is 72.2 Å². The van der Waals surface area contributed by atoms with Gasteiger partial charge in [0.25, 0.3) is 5.91 Å². The second kappa shape index (κ2) is 49.2. The largest absolute Gasteiger partial charge is 1.00 e. The molecule has 1 amide bonds. The fraction of sp³-hybridized carbons (Fsp3) is 0.209. The maximum absolute atomic E-state index is 13.0. The number of aliphatic hydroxyl groups excluding tert-OH is 4. The Hall–Kier alpha value is -10.2. The van der Waals surface area contributed by atoms with Crippen LogP contribution in [-0.2, 0) is 75.6 Å². The van der Waals surface area contributed by atoms with Crippen LogP contribution in [0.1, 0.15) is 141 Å². The summed E-state index contributed by atoms with van der Waals surface area (Å²) >= 11 is 49.1. The summed E-state index contributed by atoms with van der Waals surface area (Å²) in [6.45, 7) is 0. The topological polar surface area (TPSA) is 473 Å². The number of benzene rings is 10. The molecule has 0 fully saturated rings. The zero-order valence-electron chi connectivity index (χ0n) is 70.7. The predicted octanol–water partition coefficient (Wildman–Crippen LogP) is 10.8. The normalized spacial score (nSPS) is 12.4. The summed E-state index contributed by atoms with van der Waals surface area (Å²) in [5, 5.41) is 95.0. The number of aromatic amines is 4. The Labute approximate surface area is 825 Å². The minimum absolute atomic E-state index is 0. The molecule has 0 aliphatic carbocycles. The molecular weight excluding hydrogens is 2020 g/mol. The number of methoxy groups -OCH3 is 3. The van der Waals surface area contributed by atoms with Gasteiger partial charge in [-0.1, -0.05) is 177 Å². The average molecular weight is 2100 g/mol. The van der Waals surface area contributed by atoms with Gasteiger partial charge in [0.05, 0.1) is 159 Å². The SMILES string of the molecule is COC(=O)[C@@H](N)Cc1cccc(S(C)(=O)=O)c1.COC(=O)c1c(Cl)cc(C#CC(O)c2ccc3cn[nH]c3c2)cc1Cl.COC(=O)c1c(Cl)cc(CCC(O)c2ccc3cn[nH]c3c2)cc1Cl.CS(=O)(=O)c1cccc(C[C@H](NC(=O)c2c(Cl)cc(CCC(O)c3ccc4cn[nH]c4c3)cc2Cl)C(=O)O)c1.O=C(O)c1c(Cl)cc(CCC(O)c2ccc3cn[nH]c3c2)cc1Cl.[I-].[Li+]. The van der Waals surface area contributed by atoms with E-state index in [-0.39, 0.29) is 128 Å². The number of nitrogens with zero attached hydrogens (tertiary/aromatic N) is 4. The molecule has 0 aliphatic rings. The number of nitrogens with two attached hydrogens (primary N) is 1. The monoisotopic (exact) mass is 2100 g/mol. The Morgan fingerprint density at radius 3 is 1.09 bits per heavy atom. The number of aliphatic hydroxyl groups is 4. The van der Waals surface area contributed by atoms with E-state index in [0.717, 1.165) is 83.9 Å². The Bertz CT molecular complexity index is 6770. The molecule has 4 heterocycles. The number of carbonyl (C=O) groups excluding carboxylic acids is 4. The van der Waals surface area contributed by atoms with Crippen LogP contribution in [0.4, 0.5) is 0 Å². The number of aryl methyl sites for hydroxylation is 3. The summed E-state index contributed by atoms with van der Waals surface area (Å²) in [6, 6.07) is 44.9. The fourth-order valence-corrected chi connectivity index (χ4v) is 17.3. The number of carboxylic acids is 2. The molecule has 14 rings (SSSR count). The van der Waals surface area contributed by atoms with Crippen LogP contribution in [-0.4, -0.2) is 170 Å². The Kier molecular flexibility index (Phi) is 39.9. The summed E-state index contributed by atoms with van der Waals surface area (Å²) in [5.74, 6) is 0.565. The molecule has 4 unspecified atom stereocenters. The molecule has 0 saturated heterocycles. The van der Waals surface area contributed by atoms with Crippen LogP contribution in [0.25, 0.3) is 43.6 Å². The first kappa shape index (κ1) is 107. The number of rotatable bonds is 26. The average Bonchev–Trinajstić information content (AvgIpc) is 1.32. The van der Waals surface area contributed by atoms with Crippen LogP contribution >= 0.6 is 92.8 Å². The number of fused-ring (bicyclic) bond motifs is 4. The molecular formula is C91H82Cl8ILiN10O19S2.